The summed E-state index contributed by atoms with van der Waals surface area (Å²) in [5, 5.41) is 16.3. The Bertz CT molecular complexity index is 1220. The first-order valence-electron chi connectivity index (χ1n) is 9.57. The molecule has 0 aliphatic carbocycles. The fourth-order valence-electron chi connectivity index (χ4n) is 2.85. The average Bonchev–Trinajstić information content (AvgIpc) is 2.72. The maximum absolute atomic E-state index is 13.6. The summed E-state index contributed by atoms with van der Waals surface area (Å²) >= 11 is 0. The monoisotopic (exact) mass is 465 g/mol. The molecule has 0 fully saturated rings. The molecule has 0 aliphatic rings. The van der Waals surface area contributed by atoms with Crippen LogP contribution in [-0.2, 0) is 5.60 Å². The molecule has 0 aliphatic heterocycles. The highest BCUT2D eigenvalue weighted by atomic mass is 19.4. The molecule has 3 aromatic rings. The number of alkyl halides is 3. The van der Waals surface area contributed by atoms with E-state index in [1.807, 2.05) is 0 Å². The topological polar surface area (TPSA) is 93.5 Å². The Kier molecular flexibility index (Phi) is 6.54. The summed E-state index contributed by atoms with van der Waals surface area (Å²) in [4.78, 5) is 25.5. The predicted molar refractivity (Wildman–Crippen MR) is 111 cm³/mol. The van der Waals surface area contributed by atoms with Crippen molar-refractivity contribution in [3.63, 3.8) is 0 Å². The molecule has 0 spiro atoms. The van der Waals surface area contributed by atoms with Gasteiger partial charge in [0.2, 0.25) is 0 Å². The van der Waals surface area contributed by atoms with Crippen molar-refractivity contribution in [1.29, 1.82) is 0 Å². The minimum absolute atomic E-state index is 0.269. The summed E-state index contributed by atoms with van der Waals surface area (Å²) < 4.78 is 56.5. The molecule has 0 unspecified atom stereocenters. The summed E-state index contributed by atoms with van der Waals surface area (Å²) in [7, 11) is 0. The number of anilines is 1. The number of aliphatic hydroxyl groups is 1. The molecule has 174 valence electrons. The number of carbonyl (C=O) groups is 1. The SMILES string of the molecule is CC(C)(O)c1ccc(NC(=O)c2ccnn(-c3ccc(F)cc3OCC(F)(F)F)c2=O)cc1. The second-order valence-electron chi connectivity index (χ2n) is 7.57. The first kappa shape index (κ1) is 23.9. The Morgan fingerprint density at radius 3 is 2.39 bits per heavy atom. The van der Waals surface area contributed by atoms with Crippen molar-refractivity contribution in [3.05, 3.63) is 82.0 Å². The Morgan fingerprint density at radius 1 is 1.12 bits per heavy atom. The van der Waals surface area contributed by atoms with E-state index in [9.17, 15) is 32.3 Å². The Balaban J connectivity index is 1.91. The third-order valence-corrected chi connectivity index (χ3v) is 4.48. The van der Waals surface area contributed by atoms with Crippen LogP contribution >= 0.6 is 0 Å². The molecule has 1 aromatic heterocycles. The van der Waals surface area contributed by atoms with E-state index in [-0.39, 0.29) is 11.3 Å². The maximum atomic E-state index is 13.6. The van der Waals surface area contributed by atoms with E-state index in [1.54, 1.807) is 26.0 Å². The second kappa shape index (κ2) is 9.02. The van der Waals surface area contributed by atoms with Crippen LogP contribution in [0.5, 0.6) is 5.75 Å². The number of halogens is 4. The average molecular weight is 465 g/mol. The largest absolute Gasteiger partial charge is 0.482 e. The fourth-order valence-corrected chi connectivity index (χ4v) is 2.85. The number of hydrogen-bond donors (Lipinski definition) is 2. The number of nitrogens with zero attached hydrogens (tertiary/aromatic N) is 2. The van der Waals surface area contributed by atoms with Gasteiger partial charge in [-0.3, -0.25) is 9.59 Å². The quantitative estimate of drug-likeness (QED) is 0.541. The molecule has 0 bridgehead atoms. The zero-order chi connectivity index (χ0) is 24.4. The Labute approximate surface area is 185 Å². The summed E-state index contributed by atoms with van der Waals surface area (Å²) in [5.74, 6) is -2.25. The van der Waals surface area contributed by atoms with Gasteiger partial charge in [-0.05, 0) is 49.7 Å². The van der Waals surface area contributed by atoms with Gasteiger partial charge in [0.1, 0.15) is 22.8 Å². The predicted octanol–water partition coefficient (Wildman–Crippen LogP) is 3.79. The summed E-state index contributed by atoms with van der Waals surface area (Å²) in [6, 6.07) is 10.0. The molecule has 0 saturated carbocycles. The highest BCUT2D eigenvalue weighted by molar-refractivity contribution is 6.04. The van der Waals surface area contributed by atoms with Gasteiger partial charge in [0.25, 0.3) is 11.5 Å². The van der Waals surface area contributed by atoms with E-state index >= 15 is 0 Å². The van der Waals surface area contributed by atoms with Crippen molar-refractivity contribution in [2.45, 2.75) is 25.6 Å². The van der Waals surface area contributed by atoms with Crippen molar-refractivity contribution in [2.75, 3.05) is 11.9 Å². The fraction of sp³-hybridized carbons (Fsp3) is 0.227. The van der Waals surface area contributed by atoms with Gasteiger partial charge >= 0.3 is 6.18 Å². The number of aromatic nitrogens is 2. The highest BCUT2D eigenvalue weighted by Gasteiger charge is 2.29. The van der Waals surface area contributed by atoms with Gasteiger partial charge < -0.3 is 15.2 Å². The lowest BCUT2D eigenvalue weighted by Crippen LogP contribution is -2.30. The van der Waals surface area contributed by atoms with Gasteiger partial charge in [-0.1, -0.05) is 12.1 Å². The van der Waals surface area contributed by atoms with Gasteiger partial charge in [-0.25, -0.2) is 4.39 Å². The number of nitrogens with one attached hydrogen (secondary N) is 1. The molecule has 2 aromatic carbocycles. The standard InChI is InChI=1S/C22H19F4N3O4/c1-21(2,32)13-3-6-15(7-4-13)28-19(30)16-9-10-27-29(20(16)31)17-8-5-14(23)11-18(17)33-12-22(24,25)26/h3-11,32H,12H2,1-2H3,(H,28,30). The molecule has 0 atom stereocenters. The number of rotatable bonds is 6. The van der Waals surface area contributed by atoms with Crippen molar-refractivity contribution in [3.8, 4) is 11.4 Å². The van der Waals surface area contributed by atoms with Crippen LogP contribution in [0.3, 0.4) is 0 Å². The maximum Gasteiger partial charge on any atom is 0.422 e. The normalized spacial score (nSPS) is 11.8. The van der Waals surface area contributed by atoms with Crippen LogP contribution in [0.4, 0.5) is 23.2 Å². The van der Waals surface area contributed by atoms with Crippen LogP contribution in [0.25, 0.3) is 5.69 Å². The Morgan fingerprint density at radius 2 is 1.79 bits per heavy atom. The molecular formula is C22H19F4N3O4. The van der Waals surface area contributed by atoms with E-state index in [0.29, 0.717) is 22.0 Å². The van der Waals surface area contributed by atoms with Crippen molar-refractivity contribution in [1.82, 2.24) is 9.78 Å². The van der Waals surface area contributed by atoms with Gasteiger partial charge in [0, 0.05) is 18.0 Å². The van der Waals surface area contributed by atoms with Crippen LogP contribution in [-0.4, -0.2) is 33.6 Å². The summed E-state index contributed by atoms with van der Waals surface area (Å²) in [5.41, 5.74) is -1.71. The zero-order valence-electron chi connectivity index (χ0n) is 17.5. The van der Waals surface area contributed by atoms with E-state index < -0.39 is 41.4 Å². The number of carbonyl (C=O) groups excluding carboxylic acids is 1. The van der Waals surface area contributed by atoms with Crippen LogP contribution in [0.2, 0.25) is 0 Å². The van der Waals surface area contributed by atoms with E-state index in [2.05, 4.69) is 15.2 Å². The van der Waals surface area contributed by atoms with Gasteiger partial charge in [0.15, 0.2) is 6.61 Å². The molecule has 1 heterocycles. The highest BCUT2D eigenvalue weighted by Crippen LogP contribution is 2.25. The lowest BCUT2D eigenvalue weighted by molar-refractivity contribution is -0.153. The molecule has 0 radical (unpaired) electrons. The number of hydrogen-bond acceptors (Lipinski definition) is 5. The van der Waals surface area contributed by atoms with Crippen LogP contribution in [0, 0.1) is 5.82 Å². The molecule has 1 amide bonds. The molecule has 3 rings (SSSR count). The molecule has 33 heavy (non-hydrogen) atoms. The van der Waals surface area contributed by atoms with E-state index in [4.69, 9.17) is 0 Å². The van der Waals surface area contributed by atoms with E-state index in [1.165, 1.54) is 12.1 Å². The number of ether oxygens (including phenoxy) is 1. The molecule has 7 nitrogen and oxygen atoms in total. The zero-order valence-corrected chi connectivity index (χ0v) is 17.5. The van der Waals surface area contributed by atoms with Crippen LogP contribution in [0.1, 0.15) is 29.8 Å². The first-order valence-corrected chi connectivity index (χ1v) is 9.57. The van der Waals surface area contributed by atoms with E-state index in [0.717, 1.165) is 24.4 Å². The third kappa shape index (κ3) is 5.95. The van der Waals surface area contributed by atoms with Gasteiger partial charge in [-0.2, -0.15) is 23.0 Å². The molecular weight excluding hydrogens is 446 g/mol. The lowest BCUT2D eigenvalue weighted by Gasteiger charge is -2.18. The Hall–Kier alpha value is -3.73. The van der Waals surface area contributed by atoms with Crippen molar-refractivity contribution in [2.24, 2.45) is 0 Å². The first-order chi connectivity index (χ1) is 15.3. The summed E-state index contributed by atoms with van der Waals surface area (Å²) in [6.45, 7) is 1.49. The van der Waals surface area contributed by atoms with Crippen LogP contribution < -0.4 is 15.6 Å². The smallest absolute Gasteiger partial charge is 0.422 e. The second-order valence-corrected chi connectivity index (χ2v) is 7.57. The number of amides is 1. The third-order valence-electron chi connectivity index (χ3n) is 4.48. The van der Waals surface area contributed by atoms with Gasteiger partial charge in [0.05, 0.1) is 5.60 Å². The van der Waals surface area contributed by atoms with Crippen molar-refractivity contribution < 1.29 is 32.2 Å². The molecule has 11 heteroatoms. The minimum atomic E-state index is -4.69. The minimum Gasteiger partial charge on any atom is -0.482 e. The molecule has 2 N–H and O–H groups in total. The summed E-state index contributed by atoms with van der Waals surface area (Å²) in [6.07, 6.45) is -3.59. The van der Waals surface area contributed by atoms with Gasteiger partial charge in [-0.15, -0.1) is 0 Å². The van der Waals surface area contributed by atoms with Crippen LogP contribution in [0.15, 0.2) is 59.5 Å². The number of benzene rings is 2. The van der Waals surface area contributed by atoms with Crippen molar-refractivity contribution >= 4 is 11.6 Å². The molecule has 0 saturated heterocycles. The lowest BCUT2D eigenvalue weighted by atomic mass is 9.98.